The number of benzene rings is 2. The second-order valence-corrected chi connectivity index (χ2v) is 10.7. The summed E-state index contributed by atoms with van der Waals surface area (Å²) in [6.45, 7) is 4.99. The number of nitrogens with one attached hydrogen (secondary N) is 4. The summed E-state index contributed by atoms with van der Waals surface area (Å²) in [7, 11) is 0. The fourth-order valence-electron chi connectivity index (χ4n) is 4.73. The molecule has 1 fully saturated rings. The lowest BCUT2D eigenvalue weighted by Crippen LogP contribution is -2.57. The minimum Gasteiger partial charge on any atom is -0.347 e. The molecule has 1 aliphatic rings. The molecule has 0 saturated heterocycles. The number of ketones is 1. The fourth-order valence-corrected chi connectivity index (χ4v) is 4.73. The zero-order valence-electron chi connectivity index (χ0n) is 23.4. The van der Waals surface area contributed by atoms with E-state index in [2.05, 4.69) is 21.3 Å². The second kappa shape index (κ2) is 15.0. The third kappa shape index (κ3) is 9.03. The average Bonchev–Trinajstić information content (AvgIpc) is 2.96. The molecule has 0 spiro atoms. The van der Waals surface area contributed by atoms with Gasteiger partial charge in [0.25, 0.3) is 11.8 Å². The Morgan fingerprint density at radius 3 is 1.95 bits per heavy atom. The van der Waals surface area contributed by atoms with Gasteiger partial charge in [0.2, 0.25) is 17.6 Å². The van der Waals surface area contributed by atoms with Crippen LogP contribution >= 0.6 is 0 Å². The minimum atomic E-state index is -1.03. The second-order valence-electron chi connectivity index (χ2n) is 10.7. The lowest BCUT2D eigenvalue weighted by molar-refractivity contribution is -0.141. The van der Waals surface area contributed by atoms with E-state index in [9.17, 15) is 24.0 Å². The highest BCUT2D eigenvalue weighted by Crippen LogP contribution is 2.17. The largest absolute Gasteiger partial charge is 0.347 e. The lowest BCUT2D eigenvalue weighted by atomic mass is 9.94. The zero-order chi connectivity index (χ0) is 29.1. The van der Waals surface area contributed by atoms with Gasteiger partial charge in [0.05, 0.1) is 6.04 Å². The van der Waals surface area contributed by atoms with E-state index in [-0.39, 0.29) is 18.4 Å². The molecule has 3 rings (SSSR count). The highest BCUT2D eigenvalue weighted by atomic mass is 16.2. The quantitative estimate of drug-likeness (QED) is 0.303. The minimum absolute atomic E-state index is 0.0282. The smallest absolute Gasteiger partial charge is 0.289 e. The van der Waals surface area contributed by atoms with Gasteiger partial charge in [-0.05, 0) is 43.4 Å². The number of carbonyl (C=O) groups is 5. The van der Waals surface area contributed by atoms with Crippen LogP contribution in [0.5, 0.6) is 0 Å². The van der Waals surface area contributed by atoms with Crippen molar-refractivity contribution < 1.29 is 24.0 Å². The van der Waals surface area contributed by atoms with E-state index in [1.54, 1.807) is 44.2 Å². The summed E-state index contributed by atoms with van der Waals surface area (Å²) in [5.41, 5.74) is 1.24. The van der Waals surface area contributed by atoms with Gasteiger partial charge >= 0.3 is 0 Å². The highest BCUT2D eigenvalue weighted by Gasteiger charge is 2.33. The van der Waals surface area contributed by atoms with Crippen LogP contribution in [0.1, 0.15) is 68.8 Å². The van der Waals surface area contributed by atoms with E-state index in [1.165, 1.54) is 6.92 Å². The van der Waals surface area contributed by atoms with E-state index in [1.807, 2.05) is 30.3 Å². The van der Waals surface area contributed by atoms with Crippen LogP contribution in [0.4, 0.5) is 0 Å². The summed E-state index contributed by atoms with van der Waals surface area (Å²) in [6, 6.07) is 14.8. The Morgan fingerprint density at radius 1 is 0.750 bits per heavy atom. The SMILES string of the molecule is CC(C)[C@H](NC(=O)[C@H](C)NC(=O)[C@H](Cc1ccccc1)NC(=O)c1ccccc1)C(=O)C(=O)NC1CCCCC1. The maximum atomic E-state index is 13.3. The molecular weight excluding hydrogens is 508 g/mol. The molecular formula is C31H40N4O5. The topological polar surface area (TPSA) is 133 Å². The van der Waals surface area contributed by atoms with Crippen molar-refractivity contribution >= 4 is 29.4 Å². The van der Waals surface area contributed by atoms with Crippen molar-refractivity contribution in [2.24, 2.45) is 5.92 Å². The first-order valence-electron chi connectivity index (χ1n) is 14.0. The average molecular weight is 549 g/mol. The first-order chi connectivity index (χ1) is 19.2. The predicted molar refractivity (Wildman–Crippen MR) is 152 cm³/mol. The molecule has 9 nitrogen and oxygen atoms in total. The molecule has 9 heteroatoms. The van der Waals surface area contributed by atoms with Crippen molar-refractivity contribution in [2.45, 2.75) is 83.5 Å². The molecule has 1 aliphatic carbocycles. The van der Waals surface area contributed by atoms with Crippen LogP contribution in [-0.2, 0) is 25.6 Å². The van der Waals surface area contributed by atoms with Crippen molar-refractivity contribution in [3.63, 3.8) is 0 Å². The molecule has 214 valence electrons. The van der Waals surface area contributed by atoms with Crippen LogP contribution in [0.3, 0.4) is 0 Å². The monoisotopic (exact) mass is 548 g/mol. The lowest BCUT2D eigenvalue weighted by Gasteiger charge is -2.26. The van der Waals surface area contributed by atoms with Gasteiger partial charge in [-0.2, -0.15) is 0 Å². The van der Waals surface area contributed by atoms with Crippen molar-refractivity contribution in [3.8, 4) is 0 Å². The maximum absolute atomic E-state index is 13.3. The molecule has 0 unspecified atom stereocenters. The number of Topliss-reactive ketones (excluding diaryl/α,β-unsaturated/α-hetero) is 1. The van der Waals surface area contributed by atoms with Gasteiger partial charge in [0, 0.05) is 18.0 Å². The predicted octanol–water partition coefficient (Wildman–Crippen LogP) is 2.69. The third-order valence-corrected chi connectivity index (χ3v) is 7.10. The summed E-state index contributed by atoms with van der Waals surface area (Å²) in [4.78, 5) is 64.7. The van der Waals surface area contributed by atoms with Gasteiger partial charge in [-0.3, -0.25) is 24.0 Å². The summed E-state index contributed by atoms with van der Waals surface area (Å²) >= 11 is 0. The molecule has 0 aliphatic heterocycles. The fraction of sp³-hybridized carbons (Fsp3) is 0.452. The van der Waals surface area contributed by atoms with Gasteiger partial charge < -0.3 is 21.3 Å². The van der Waals surface area contributed by atoms with Crippen LogP contribution in [0.25, 0.3) is 0 Å². The molecule has 3 atom stereocenters. The first-order valence-corrected chi connectivity index (χ1v) is 14.0. The maximum Gasteiger partial charge on any atom is 0.289 e. The van der Waals surface area contributed by atoms with Crippen LogP contribution in [-0.4, -0.2) is 53.6 Å². The molecule has 0 bridgehead atoms. The Kier molecular flexibility index (Phi) is 11.4. The summed E-state index contributed by atoms with van der Waals surface area (Å²) < 4.78 is 0. The molecule has 4 amide bonds. The number of hydrogen-bond donors (Lipinski definition) is 4. The van der Waals surface area contributed by atoms with E-state index >= 15 is 0 Å². The van der Waals surface area contributed by atoms with Crippen LogP contribution in [0.2, 0.25) is 0 Å². The molecule has 0 heterocycles. The van der Waals surface area contributed by atoms with Crippen LogP contribution in [0, 0.1) is 5.92 Å². The van der Waals surface area contributed by atoms with Gasteiger partial charge in [-0.15, -0.1) is 0 Å². The van der Waals surface area contributed by atoms with E-state index in [0.717, 1.165) is 37.7 Å². The zero-order valence-corrected chi connectivity index (χ0v) is 23.4. The number of carbonyl (C=O) groups excluding carboxylic acids is 5. The summed E-state index contributed by atoms with van der Waals surface area (Å²) in [5.74, 6) is -3.30. The first kappa shape index (κ1) is 30.5. The molecule has 1 saturated carbocycles. The van der Waals surface area contributed by atoms with E-state index < -0.39 is 47.5 Å². The van der Waals surface area contributed by atoms with Crippen LogP contribution < -0.4 is 21.3 Å². The highest BCUT2D eigenvalue weighted by molar-refractivity contribution is 6.38. The van der Waals surface area contributed by atoms with Gasteiger partial charge in [-0.1, -0.05) is 81.6 Å². The van der Waals surface area contributed by atoms with Crippen molar-refractivity contribution in [2.75, 3.05) is 0 Å². The number of amides is 4. The van der Waals surface area contributed by atoms with Gasteiger partial charge in [-0.25, -0.2) is 0 Å². The Bertz CT molecular complexity index is 1160. The number of rotatable bonds is 12. The Labute approximate surface area is 235 Å². The van der Waals surface area contributed by atoms with Gasteiger partial charge in [0.15, 0.2) is 0 Å². The van der Waals surface area contributed by atoms with E-state index in [0.29, 0.717) is 5.56 Å². The standard InChI is InChI=1S/C31H40N4O5/c1-20(2)26(27(36)31(40)33-24-17-11-6-12-18-24)35-28(37)21(3)32-30(39)25(19-22-13-7-4-8-14-22)34-29(38)23-15-9-5-10-16-23/h4-5,7-10,13-16,20-21,24-26H,6,11-12,17-19H2,1-3H3,(H,32,39)(H,33,40)(H,34,38)(H,35,37)/t21-,25-,26-/m0/s1. The molecule has 40 heavy (non-hydrogen) atoms. The van der Waals surface area contributed by atoms with E-state index in [4.69, 9.17) is 0 Å². The van der Waals surface area contributed by atoms with Gasteiger partial charge in [0.1, 0.15) is 12.1 Å². The molecule has 2 aromatic carbocycles. The Morgan fingerprint density at radius 2 is 1.35 bits per heavy atom. The van der Waals surface area contributed by atoms with Crippen molar-refractivity contribution in [3.05, 3.63) is 71.8 Å². The number of hydrogen-bond acceptors (Lipinski definition) is 5. The Balaban J connectivity index is 1.64. The molecule has 2 aromatic rings. The van der Waals surface area contributed by atoms with Crippen molar-refractivity contribution in [1.29, 1.82) is 0 Å². The molecule has 0 radical (unpaired) electrons. The summed E-state index contributed by atoms with van der Waals surface area (Å²) in [5, 5.41) is 10.9. The summed E-state index contributed by atoms with van der Waals surface area (Å²) in [6.07, 6.45) is 5.04. The van der Waals surface area contributed by atoms with Crippen molar-refractivity contribution in [1.82, 2.24) is 21.3 Å². The van der Waals surface area contributed by atoms with Crippen LogP contribution in [0.15, 0.2) is 60.7 Å². The molecule has 4 N–H and O–H groups in total. The molecule has 0 aromatic heterocycles. The third-order valence-electron chi connectivity index (χ3n) is 7.10. The normalized spacial score (nSPS) is 15.8. The Hall–Kier alpha value is -4.01.